The van der Waals surface area contributed by atoms with Gasteiger partial charge in [0.05, 0.1) is 25.2 Å². The number of carbonyl (C=O) groups excluding carboxylic acids is 1. The van der Waals surface area contributed by atoms with E-state index >= 15 is 0 Å². The van der Waals surface area contributed by atoms with E-state index in [1.807, 2.05) is 42.5 Å². The standard InChI is InChI=1S/C16H17NO4/c18-9-16-7-6-13(21-16)12-8-20-10-17(15(19)14(12)16)11-4-2-1-3-5-11/h1-7,12-14,18H,8-10H2. The Morgan fingerprint density at radius 3 is 2.90 bits per heavy atom. The van der Waals surface area contributed by atoms with Crippen molar-refractivity contribution < 1.29 is 19.4 Å². The Bertz CT molecular complexity index is 587. The SMILES string of the molecule is O=C1C2C(COCN1c1ccccc1)C1C=CC2(CO)O1. The van der Waals surface area contributed by atoms with E-state index in [9.17, 15) is 9.90 Å². The number of para-hydroxylation sites is 1. The number of amides is 1. The average molecular weight is 287 g/mol. The van der Waals surface area contributed by atoms with Crippen molar-refractivity contribution in [3.8, 4) is 0 Å². The van der Waals surface area contributed by atoms with Gasteiger partial charge in [0, 0.05) is 11.6 Å². The first-order valence-electron chi connectivity index (χ1n) is 7.17. The zero-order valence-electron chi connectivity index (χ0n) is 11.5. The zero-order valence-corrected chi connectivity index (χ0v) is 11.5. The quantitative estimate of drug-likeness (QED) is 0.822. The highest BCUT2D eigenvalue weighted by Crippen LogP contribution is 2.48. The largest absolute Gasteiger partial charge is 0.393 e. The van der Waals surface area contributed by atoms with E-state index in [1.165, 1.54) is 0 Å². The zero-order chi connectivity index (χ0) is 14.4. The number of benzene rings is 1. The topological polar surface area (TPSA) is 59.0 Å². The number of ether oxygens (including phenoxy) is 2. The van der Waals surface area contributed by atoms with Crippen LogP contribution in [-0.2, 0) is 14.3 Å². The average Bonchev–Trinajstić information content (AvgIpc) is 3.03. The van der Waals surface area contributed by atoms with Crippen molar-refractivity contribution in [3.05, 3.63) is 42.5 Å². The Morgan fingerprint density at radius 2 is 2.14 bits per heavy atom. The van der Waals surface area contributed by atoms with E-state index in [1.54, 1.807) is 4.90 Å². The van der Waals surface area contributed by atoms with E-state index < -0.39 is 5.60 Å². The van der Waals surface area contributed by atoms with Crippen LogP contribution in [-0.4, -0.2) is 42.7 Å². The second-order valence-electron chi connectivity index (χ2n) is 5.80. The molecule has 1 aromatic carbocycles. The van der Waals surface area contributed by atoms with Crippen LogP contribution in [0.5, 0.6) is 0 Å². The van der Waals surface area contributed by atoms with Gasteiger partial charge in [0.1, 0.15) is 12.3 Å². The molecule has 3 aliphatic heterocycles. The molecule has 1 amide bonds. The van der Waals surface area contributed by atoms with Gasteiger partial charge in [0.25, 0.3) is 0 Å². The van der Waals surface area contributed by atoms with Crippen LogP contribution in [0, 0.1) is 11.8 Å². The summed E-state index contributed by atoms with van der Waals surface area (Å²) in [4.78, 5) is 14.6. The van der Waals surface area contributed by atoms with Gasteiger partial charge in [-0.1, -0.05) is 30.4 Å². The van der Waals surface area contributed by atoms with Crippen LogP contribution in [0.4, 0.5) is 5.69 Å². The fourth-order valence-corrected chi connectivity index (χ4v) is 3.64. The van der Waals surface area contributed by atoms with Crippen LogP contribution < -0.4 is 4.90 Å². The van der Waals surface area contributed by atoms with Gasteiger partial charge in [-0.3, -0.25) is 9.69 Å². The van der Waals surface area contributed by atoms with Crippen molar-refractivity contribution in [1.29, 1.82) is 0 Å². The monoisotopic (exact) mass is 287 g/mol. The molecule has 4 atom stereocenters. The molecule has 3 aliphatic rings. The number of fused-ring (bicyclic) bond motifs is 5. The molecule has 5 nitrogen and oxygen atoms in total. The highest BCUT2D eigenvalue weighted by Gasteiger charge is 2.60. The lowest BCUT2D eigenvalue weighted by molar-refractivity contribution is -0.128. The highest BCUT2D eigenvalue weighted by atomic mass is 16.5. The van der Waals surface area contributed by atoms with Crippen LogP contribution in [0.1, 0.15) is 0 Å². The predicted octanol–water partition coefficient (Wildman–Crippen LogP) is 0.939. The normalized spacial score (nSPS) is 37.7. The summed E-state index contributed by atoms with van der Waals surface area (Å²) >= 11 is 0. The van der Waals surface area contributed by atoms with Crippen LogP contribution in [0.2, 0.25) is 0 Å². The molecule has 2 bridgehead atoms. The van der Waals surface area contributed by atoms with E-state index in [4.69, 9.17) is 9.47 Å². The number of anilines is 1. The van der Waals surface area contributed by atoms with Crippen LogP contribution >= 0.6 is 0 Å². The summed E-state index contributed by atoms with van der Waals surface area (Å²) in [6.07, 6.45) is 3.64. The molecule has 2 saturated heterocycles. The maximum absolute atomic E-state index is 13.0. The first-order chi connectivity index (χ1) is 10.2. The van der Waals surface area contributed by atoms with Crippen LogP contribution in [0.3, 0.4) is 0 Å². The van der Waals surface area contributed by atoms with Crippen molar-refractivity contribution in [2.24, 2.45) is 11.8 Å². The molecule has 0 radical (unpaired) electrons. The van der Waals surface area contributed by atoms with Gasteiger partial charge in [-0.15, -0.1) is 0 Å². The van der Waals surface area contributed by atoms with E-state index in [2.05, 4.69) is 0 Å². The van der Waals surface area contributed by atoms with Gasteiger partial charge in [0.15, 0.2) is 0 Å². The summed E-state index contributed by atoms with van der Waals surface area (Å²) in [5, 5.41) is 9.76. The molecule has 5 heteroatoms. The fourth-order valence-electron chi connectivity index (χ4n) is 3.64. The van der Waals surface area contributed by atoms with Crippen molar-refractivity contribution in [2.75, 3.05) is 24.8 Å². The molecule has 110 valence electrons. The lowest BCUT2D eigenvalue weighted by Crippen LogP contribution is -2.49. The molecule has 21 heavy (non-hydrogen) atoms. The maximum atomic E-state index is 13.0. The minimum Gasteiger partial charge on any atom is -0.393 e. The Labute approximate surface area is 122 Å². The summed E-state index contributed by atoms with van der Waals surface area (Å²) in [5.41, 5.74) is -0.0735. The number of aliphatic hydroxyl groups excluding tert-OH is 1. The molecule has 4 rings (SSSR count). The predicted molar refractivity (Wildman–Crippen MR) is 75.6 cm³/mol. The molecule has 0 spiro atoms. The number of carbonyl (C=O) groups is 1. The molecule has 0 aromatic heterocycles. The van der Waals surface area contributed by atoms with Gasteiger partial charge >= 0.3 is 0 Å². The van der Waals surface area contributed by atoms with Gasteiger partial charge in [-0.05, 0) is 12.1 Å². The Morgan fingerprint density at radius 1 is 1.33 bits per heavy atom. The summed E-state index contributed by atoms with van der Waals surface area (Å²) in [7, 11) is 0. The van der Waals surface area contributed by atoms with Gasteiger partial charge in [0.2, 0.25) is 5.91 Å². The summed E-state index contributed by atoms with van der Waals surface area (Å²) in [5.74, 6) is -0.451. The molecular formula is C16H17NO4. The molecule has 3 heterocycles. The van der Waals surface area contributed by atoms with Gasteiger partial charge in [-0.2, -0.15) is 0 Å². The summed E-state index contributed by atoms with van der Waals surface area (Å²) in [6, 6.07) is 9.47. The lowest BCUT2D eigenvalue weighted by atomic mass is 9.75. The molecule has 4 unspecified atom stereocenters. The van der Waals surface area contributed by atoms with E-state index in [0.717, 1.165) is 5.69 Å². The van der Waals surface area contributed by atoms with E-state index in [-0.39, 0.29) is 37.2 Å². The van der Waals surface area contributed by atoms with Crippen LogP contribution in [0.25, 0.3) is 0 Å². The molecule has 0 aliphatic carbocycles. The Hall–Kier alpha value is -1.69. The first-order valence-corrected chi connectivity index (χ1v) is 7.17. The summed E-state index contributed by atoms with van der Waals surface area (Å²) in [6.45, 7) is 0.524. The number of rotatable bonds is 2. The molecule has 0 saturated carbocycles. The number of hydrogen-bond donors (Lipinski definition) is 1. The van der Waals surface area contributed by atoms with Crippen molar-refractivity contribution in [3.63, 3.8) is 0 Å². The highest BCUT2D eigenvalue weighted by molar-refractivity contribution is 5.96. The lowest BCUT2D eigenvalue weighted by Gasteiger charge is -2.32. The van der Waals surface area contributed by atoms with Crippen molar-refractivity contribution in [1.82, 2.24) is 0 Å². The molecule has 1 aromatic rings. The third-order valence-electron chi connectivity index (χ3n) is 4.68. The number of hydrogen-bond acceptors (Lipinski definition) is 4. The Kier molecular flexibility index (Phi) is 2.89. The fraction of sp³-hybridized carbons (Fsp3) is 0.438. The van der Waals surface area contributed by atoms with E-state index in [0.29, 0.717) is 6.61 Å². The second-order valence-corrected chi connectivity index (χ2v) is 5.80. The van der Waals surface area contributed by atoms with Gasteiger partial charge < -0.3 is 14.6 Å². The third-order valence-corrected chi connectivity index (χ3v) is 4.68. The van der Waals surface area contributed by atoms with Crippen molar-refractivity contribution >= 4 is 11.6 Å². The third kappa shape index (κ3) is 1.78. The Balaban J connectivity index is 1.73. The smallest absolute Gasteiger partial charge is 0.235 e. The second kappa shape index (κ2) is 4.66. The number of nitrogens with zero attached hydrogens (tertiary/aromatic N) is 1. The number of aliphatic hydroxyl groups is 1. The maximum Gasteiger partial charge on any atom is 0.235 e. The van der Waals surface area contributed by atoms with Gasteiger partial charge in [-0.25, -0.2) is 0 Å². The molecular weight excluding hydrogens is 270 g/mol. The van der Waals surface area contributed by atoms with Crippen molar-refractivity contribution in [2.45, 2.75) is 11.7 Å². The minimum atomic E-state index is -0.882. The molecule has 2 fully saturated rings. The summed E-state index contributed by atoms with van der Waals surface area (Å²) < 4.78 is 11.6. The minimum absolute atomic E-state index is 0.0247. The molecule has 1 N–H and O–H groups in total. The van der Waals surface area contributed by atoms with Crippen LogP contribution in [0.15, 0.2) is 42.5 Å². The first kappa shape index (κ1) is 13.0.